The summed E-state index contributed by atoms with van der Waals surface area (Å²) in [7, 11) is 2.50. The van der Waals surface area contributed by atoms with Gasteiger partial charge in [0.2, 0.25) is 0 Å². The molecule has 0 aliphatic carbocycles. The minimum Gasteiger partial charge on any atom is -0.680 e. The van der Waals surface area contributed by atoms with E-state index in [-0.39, 0.29) is 32.7 Å². The van der Waals surface area contributed by atoms with Crippen molar-refractivity contribution in [1.82, 2.24) is 0 Å². The van der Waals surface area contributed by atoms with Crippen LogP contribution >= 0.6 is 0 Å². The van der Waals surface area contributed by atoms with Gasteiger partial charge in [0, 0.05) is 32.7 Å². The molecule has 0 aliphatic heterocycles. The summed E-state index contributed by atoms with van der Waals surface area (Å²) >= 11 is 0. The fourth-order valence-corrected chi connectivity index (χ4v) is 0. The summed E-state index contributed by atoms with van der Waals surface area (Å²) in [6, 6.07) is 0. The Morgan fingerprint density at radius 3 is 0.778 bits per heavy atom. The molecule has 0 rings (SSSR count). The summed E-state index contributed by atoms with van der Waals surface area (Å²) in [5.41, 5.74) is 11.5. The summed E-state index contributed by atoms with van der Waals surface area (Å²) in [5.74, 6) is 0. The van der Waals surface area contributed by atoms with Crippen LogP contribution in [0.5, 0.6) is 0 Å². The van der Waals surface area contributed by atoms with E-state index in [1.54, 1.807) is 0 Å². The van der Waals surface area contributed by atoms with Crippen molar-refractivity contribution in [2.75, 3.05) is 14.1 Å². The first kappa shape index (κ1) is 34.4. The minimum atomic E-state index is 0. The maximum absolute atomic E-state index is 5.75. The van der Waals surface area contributed by atoms with Crippen LogP contribution in [0.25, 0.3) is 11.5 Å². The van der Waals surface area contributed by atoms with Crippen molar-refractivity contribution < 1.29 is 32.7 Å². The maximum Gasteiger partial charge on any atom is 0 e. The molecule has 0 spiro atoms. The Hall–Kier alpha value is 0.364. The average molecular weight is 205 g/mol. The molecule has 0 bridgehead atoms. The van der Waals surface area contributed by atoms with Crippen molar-refractivity contribution in [3.05, 3.63) is 11.5 Å². The molecule has 0 aliphatic rings. The van der Waals surface area contributed by atoms with Gasteiger partial charge in [-0.1, -0.05) is 0 Å². The smallest absolute Gasteiger partial charge is 0 e. The molecule has 4 N–H and O–H groups in total. The quantitative estimate of drug-likeness (QED) is 0.444. The summed E-state index contributed by atoms with van der Waals surface area (Å²) < 4.78 is 0. The number of rotatable bonds is 0. The van der Waals surface area contributed by atoms with Crippen LogP contribution in [-0.2, 0) is 32.7 Å². The third-order valence-electron chi connectivity index (χ3n) is 0. The number of hydrogen-bond donors (Lipinski definition) is 2. The minimum absolute atomic E-state index is 0. The predicted molar refractivity (Wildman–Crippen MR) is 38.1 cm³/mol. The summed E-state index contributed by atoms with van der Waals surface area (Å²) in [6.45, 7) is 7.50. The van der Waals surface area contributed by atoms with Gasteiger partial charge in [0.15, 0.2) is 0 Å². The van der Waals surface area contributed by atoms with E-state index < -0.39 is 0 Å². The Morgan fingerprint density at radius 1 is 0.778 bits per heavy atom. The van der Waals surface area contributed by atoms with E-state index in [0.717, 1.165) is 0 Å². The van der Waals surface area contributed by atoms with Crippen LogP contribution in [0.1, 0.15) is 0 Å². The zero-order valence-corrected chi connectivity index (χ0v) is 8.57. The third kappa shape index (κ3) is 2560. The van der Waals surface area contributed by atoms with Crippen molar-refractivity contribution in [3.8, 4) is 0 Å². The molecule has 0 saturated heterocycles. The summed E-state index contributed by atoms with van der Waals surface area (Å²) in [4.78, 5) is 0. The first-order valence-corrected chi connectivity index (χ1v) is 1.58. The van der Waals surface area contributed by atoms with Crippen molar-refractivity contribution in [3.63, 3.8) is 0 Å². The van der Waals surface area contributed by atoms with Crippen LogP contribution < -0.4 is 0 Å². The fourth-order valence-electron chi connectivity index (χ4n) is 0. The largest absolute Gasteiger partial charge is 0.680 e. The molecule has 0 heterocycles. The Kier molecular flexibility index (Phi) is 13100. The normalized spacial score (nSPS) is 2.22. The number of nitrogens with one attached hydrogen (secondary N) is 4. The topological polar surface area (TPSA) is 95.3 Å². The molecule has 0 saturated carbocycles. The predicted octanol–water partition coefficient (Wildman–Crippen LogP) is 1.62. The van der Waals surface area contributed by atoms with Crippen molar-refractivity contribution in [1.29, 1.82) is 10.8 Å². The molecule has 0 amide bonds. The van der Waals surface area contributed by atoms with E-state index in [2.05, 4.69) is 13.4 Å². The second-order valence-corrected chi connectivity index (χ2v) is 0. The molecule has 0 aromatic heterocycles. The molecular weight excluding hydrogens is 193 g/mol. The van der Waals surface area contributed by atoms with Crippen LogP contribution in [0, 0.1) is 10.8 Å². The summed E-state index contributed by atoms with van der Waals surface area (Å²) in [6.07, 6.45) is 0. The van der Waals surface area contributed by atoms with Gasteiger partial charge in [0.05, 0.1) is 0 Å². The van der Waals surface area contributed by atoms with Crippen LogP contribution in [0.2, 0.25) is 0 Å². The summed E-state index contributed by atoms with van der Waals surface area (Å²) in [5, 5.41) is 10.5. The van der Waals surface area contributed by atoms with Crippen molar-refractivity contribution in [2.24, 2.45) is 0 Å². The Labute approximate surface area is 82.3 Å². The molecule has 0 unspecified atom stereocenters. The molecule has 4 nitrogen and oxygen atoms in total. The fraction of sp³-hybridized carbons (Fsp3) is 0.500. The zero-order chi connectivity index (χ0) is 8.00. The molecule has 1 radical (unpaired) electrons. The van der Waals surface area contributed by atoms with Gasteiger partial charge in [-0.25, -0.2) is 0 Å². The zero-order valence-electron chi connectivity index (χ0n) is 5.73. The van der Waals surface area contributed by atoms with E-state index in [4.69, 9.17) is 22.3 Å². The monoisotopic (exact) mass is 205 g/mol. The van der Waals surface area contributed by atoms with Gasteiger partial charge in [0.1, 0.15) is 0 Å². The van der Waals surface area contributed by atoms with Gasteiger partial charge in [-0.05, 0) is 0 Å². The van der Waals surface area contributed by atoms with E-state index in [1.165, 1.54) is 14.1 Å². The van der Waals surface area contributed by atoms with Gasteiger partial charge >= 0.3 is 0 Å². The Morgan fingerprint density at radius 2 is 0.778 bits per heavy atom. The molecule has 5 heteroatoms. The second kappa shape index (κ2) is 3430. The van der Waals surface area contributed by atoms with E-state index in [0.29, 0.717) is 0 Å². The van der Waals surface area contributed by atoms with Gasteiger partial charge < -0.3 is 35.7 Å². The van der Waals surface area contributed by atoms with Crippen LogP contribution in [0.15, 0.2) is 0 Å². The van der Waals surface area contributed by atoms with Gasteiger partial charge in [0.25, 0.3) is 0 Å². The SMILES string of the molecule is C[NH-].C[NH-].[CH-]=N.[CH-]=N.[Y]. The second-order valence-electron chi connectivity index (χ2n) is 0. The standard InChI is InChI=1S/2CH4N.2CH2N.Y/c4*1-2;/h2*2H,1H3;2*1-2H;/q4*-1;. The van der Waals surface area contributed by atoms with E-state index in [1.807, 2.05) is 0 Å². The molecular formula is C4H12N4Y-4. The van der Waals surface area contributed by atoms with Crippen molar-refractivity contribution in [2.45, 2.75) is 0 Å². The van der Waals surface area contributed by atoms with E-state index in [9.17, 15) is 0 Å². The van der Waals surface area contributed by atoms with Gasteiger partial charge in [-0.15, -0.1) is 0 Å². The van der Waals surface area contributed by atoms with E-state index >= 15 is 0 Å². The molecule has 0 aromatic carbocycles. The van der Waals surface area contributed by atoms with Crippen LogP contribution in [0.3, 0.4) is 0 Å². The van der Waals surface area contributed by atoms with Crippen molar-refractivity contribution >= 4 is 13.4 Å². The molecule has 0 atom stereocenters. The van der Waals surface area contributed by atoms with Crippen LogP contribution in [-0.4, -0.2) is 27.5 Å². The third-order valence-corrected chi connectivity index (χ3v) is 0. The Bertz CT molecular complexity index is 14.5. The molecule has 9 heavy (non-hydrogen) atoms. The van der Waals surface area contributed by atoms with Gasteiger partial charge in [-0.2, -0.15) is 14.1 Å². The molecule has 0 aromatic rings. The van der Waals surface area contributed by atoms with Crippen LogP contribution in [0.4, 0.5) is 0 Å². The Balaban J connectivity index is -0.00000000762. The maximum atomic E-state index is 5.75. The van der Waals surface area contributed by atoms with Gasteiger partial charge in [-0.3, -0.25) is 0 Å². The first-order valence-electron chi connectivity index (χ1n) is 1.58. The average Bonchev–Trinajstić information content (AvgIpc) is 2.03. The molecule has 55 valence electrons. The number of hydrogen-bond acceptors (Lipinski definition) is 2. The first-order chi connectivity index (χ1) is 4.00. The molecule has 0 fully saturated rings.